The van der Waals surface area contributed by atoms with Gasteiger partial charge in [-0.1, -0.05) is 19.9 Å². The van der Waals surface area contributed by atoms with Crippen molar-refractivity contribution in [2.75, 3.05) is 32.1 Å². The van der Waals surface area contributed by atoms with Crippen molar-refractivity contribution in [2.45, 2.75) is 19.8 Å². The fourth-order valence-corrected chi connectivity index (χ4v) is 2.19. The van der Waals surface area contributed by atoms with E-state index in [1.807, 2.05) is 19.2 Å². The zero-order valence-electron chi connectivity index (χ0n) is 12.1. The second kappa shape index (κ2) is 5.61. The van der Waals surface area contributed by atoms with Crippen LogP contribution in [0.25, 0.3) is 0 Å². The highest BCUT2D eigenvalue weighted by molar-refractivity contribution is 5.96. The minimum absolute atomic E-state index is 0.0967. The van der Waals surface area contributed by atoms with Gasteiger partial charge in [-0.2, -0.15) is 0 Å². The number of hydrogen-bond donors (Lipinski definition) is 1. The normalized spacial score (nSPS) is 15.2. The lowest BCUT2D eigenvalue weighted by Gasteiger charge is -2.31. The smallest absolute Gasteiger partial charge is 0.232 e. The van der Waals surface area contributed by atoms with Crippen LogP contribution in [0, 0.1) is 5.92 Å². The van der Waals surface area contributed by atoms with Crippen LogP contribution in [0.1, 0.15) is 25.3 Å². The Balaban J connectivity index is 2.25. The van der Waals surface area contributed by atoms with Gasteiger partial charge in [-0.3, -0.25) is 4.79 Å². The number of ether oxygens (including phenoxy) is 1. The third-order valence-corrected chi connectivity index (χ3v) is 3.69. The summed E-state index contributed by atoms with van der Waals surface area (Å²) in [7, 11) is 3.46. The zero-order chi connectivity index (χ0) is 14.0. The van der Waals surface area contributed by atoms with Crippen LogP contribution >= 0.6 is 0 Å². The number of hydrogen-bond acceptors (Lipinski definition) is 3. The Morgan fingerprint density at radius 3 is 2.58 bits per heavy atom. The summed E-state index contributed by atoms with van der Waals surface area (Å²) >= 11 is 0. The van der Waals surface area contributed by atoms with Crippen LogP contribution in [0.2, 0.25) is 0 Å². The second-order valence-corrected chi connectivity index (χ2v) is 5.34. The highest BCUT2D eigenvalue weighted by atomic mass is 16.5. The summed E-state index contributed by atoms with van der Waals surface area (Å²) in [5, 5.41) is 3.12. The van der Waals surface area contributed by atoms with Gasteiger partial charge in [0.05, 0.1) is 18.7 Å². The Bertz CT molecular complexity index is 467. The lowest BCUT2D eigenvalue weighted by molar-refractivity contribution is -0.123. The molecule has 1 aliphatic heterocycles. The number of carbonyl (C=O) groups is 1. The number of rotatable bonds is 4. The van der Waals surface area contributed by atoms with Crippen LogP contribution in [-0.4, -0.2) is 33.2 Å². The first-order valence-corrected chi connectivity index (χ1v) is 6.70. The predicted octanol–water partition coefficient (Wildman–Crippen LogP) is 2.00. The van der Waals surface area contributed by atoms with Gasteiger partial charge in [0.1, 0.15) is 5.75 Å². The van der Waals surface area contributed by atoms with Crippen LogP contribution in [0.4, 0.5) is 5.69 Å². The van der Waals surface area contributed by atoms with E-state index in [1.54, 1.807) is 12.0 Å². The first-order chi connectivity index (χ1) is 9.04. The van der Waals surface area contributed by atoms with Crippen LogP contribution in [0.15, 0.2) is 18.2 Å². The van der Waals surface area contributed by atoms with Gasteiger partial charge in [0.25, 0.3) is 0 Å². The van der Waals surface area contributed by atoms with E-state index in [0.717, 1.165) is 24.5 Å². The third-order valence-electron chi connectivity index (χ3n) is 3.69. The average molecular weight is 262 g/mol. The van der Waals surface area contributed by atoms with Crippen molar-refractivity contribution < 1.29 is 9.53 Å². The van der Waals surface area contributed by atoms with Crippen molar-refractivity contribution in [2.24, 2.45) is 5.92 Å². The largest absolute Gasteiger partial charge is 0.495 e. The Morgan fingerprint density at radius 1 is 1.42 bits per heavy atom. The molecule has 0 radical (unpaired) electrons. The maximum atomic E-state index is 12.2. The van der Waals surface area contributed by atoms with Crippen LogP contribution in [0.5, 0.6) is 5.75 Å². The second-order valence-electron chi connectivity index (χ2n) is 5.34. The van der Waals surface area contributed by atoms with Gasteiger partial charge in [-0.15, -0.1) is 0 Å². The number of carbonyl (C=O) groups excluding carboxylic acids is 1. The monoisotopic (exact) mass is 262 g/mol. The van der Waals surface area contributed by atoms with E-state index in [-0.39, 0.29) is 11.8 Å². The molecule has 0 unspecified atom stereocenters. The molecule has 1 N–H and O–H groups in total. The van der Waals surface area contributed by atoms with Crippen molar-refractivity contribution in [3.8, 4) is 5.75 Å². The summed E-state index contributed by atoms with van der Waals surface area (Å²) in [5.41, 5.74) is 2.05. The molecule has 0 bridgehead atoms. The van der Waals surface area contributed by atoms with E-state index in [0.29, 0.717) is 5.92 Å². The third kappa shape index (κ3) is 2.73. The van der Waals surface area contributed by atoms with Crippen molar-refractivity contribution >= 4 is 11.6 Å². The maximum absolute atomic E-state index is 12.2. The minimum atomic E-state index is 0.0967. The van der Waals surface area contributed by atoms with E-state index < -0.39 is 0 Å². The molecule has 0 aliphatic carbocycles. The minimum Gasteiger partial charge on any atom is -0.495 e. The molecule has 1 aromatic rings. The van der Waals surface area contributed by atoms with Crippen LogP contribution in [0.3, 0.4) is 0 Å². The summed E-state index contributed by atoms with van der Waals surface area (Å²) in [4.78, 5) is 13.9. The lowest BCUT2D eigenvalue weighted by atomic mass is 10.00. The topological polar surface area (TPSA) is 41.6 Å². The van der Waals surface area contributed by atoms with Crippen molar-refractivity contribution in [1.29, 1.82) is 0 Å². The molecule has 1 fully saturated rings. The van der Waals surface area contributed by atoms with Crippen LogP contribution < -0.4 is 15.0 Å². The number of anilines is 1. The predicted molar refractivity (Wildman–Crippen MR) is 76.9 cm³/mol. The molecular weight excluding hydrogens is 240 g/mol. The quantitative estimate of drug-likeness (QED) is 0.902. The molecule has 19 heavy (non-hydrogen) atoms. The molecule has 2 rings (SSSR count). The first-order valence-electron chi connectivity index (χ1n) is 6.70. The summed E-state index contributed by atoms with van der Waals surface area (Å²) in [5.74, 6) is 1.45. The van der Waals surface area contributed by atoms with Gasteiger partial charge in [-0.25, -0.2) is 0 Å². The molecule has 1 aromatic carbocycles. The fourth-order valence-electron chi connectivity index (χ4n) is 2.19. The van der Waals surface area contributed by atoms with Crippen LogP contribution in [-0.2, 0) is 4.79 Å². The van der Waals surface area contributed by atoms with Gasteiger partial charge in [0.15, 0.2) is 0 Å². The molecule has 104 valence electrons. The molecule has 4 heteroatoms. The van der Waals surface area contributed by atoms with Gasteiger partial charge in [-0.05, 0) is 23.6 Å². The first kappa shape index (κ1) is 13.9. The van der Waals surface area contributed by atoms with Crippen molar-refractivity contribution in [3.05, 3.63) is 23.8 Å². The molecule has 0 atom stereocenters. The molecule has 1 saturated heterocycles. The van der Waals surface area contributed by atoms with Gasteiger partial charge >= 0.3 is 0 Å². The maximum Gasteiger partial charge on any atom is 0.232 e. The van der Waals surface area contributed by atoms with Gasteiger partial charge < -0.3 is 15.0 Å². The standard InChI is InChI=1S/C15H22N2O2/c1-10(2)11-5-6-13(14(7-11)19-4)17(3)15(18)12-8-16-9-12/h5-7,10,12,16H,8-9H2,1-4H3. The Labute approximate surface area is 114 Å². The summed E-state index contributed by atoms with van der Waals surface area (Å²) in [6, 6.07) is 6.05. The van der Waals surface area contributed by atoms with E-state index in [1.165, 1.54) is 5.56 Å². The molecule has 1 aliphatic rings. The molecule has 0 spiro atoms. The molecule has 0 saturated carbocycles. The number of benzene rings is 1. The Morgan fingerprint density at radius 2 is 2.11 bits per heavy atom. The fraction of sp³-hybridized carbons (Fsp3) is 0.533. The summed E-state index contributed by atoms with van der Waals surface area (Å²) in [6.07, 6.45) is 0. The molecule has 1 heterocycles. The highest BCUT2D eigenvalue weighted by Crippen LogP contribution is 2.32. The van der Waals surface area contributed by atoms with Gasteiger partial charge in [0, 0.05) is 20.1 Å². The number of methoxy groups -OCH3 is 1. The number of nitrogens with one attached hydrogen (secondary N) is 1. The molecule has 1 amide bonds. The SMILES string of the molecule is COc1cc(C(C)C)ccc1N(C)C(=O)C1CNC1. The highest BCUT2D eigenvalue weighted by Gasteiger charge is 2.29. The Hall–Kier alpha value is -1.55. The molecular formula is C15H22N2O2. The van der Waals surface area contributed by atoms with E-state index in [4.69, 9.17) is 4.74 Å². The zero-order valence-corrected chi connectivity index (χ0v) is 12.1. The lowest BCUT2D eigenvalue weighted by Crippen LogP contribution is -2.51. The molecule has 0 aromatic heterocycles. The summed E-state index contributed by atoms with van der Waals surface area (Å²) < 4.78 is 5.43. The Kier molecular flexibility index (Phi) is 4.10. The van der Waals surface area contributed by atoms with Gasteiger partial charge in [0.2, 0.25) is 5.91 Å². The van der Waals surface area contributed by atoms with E-state index in [2.05, 4.69) is 25.2 Å². The van der Waals surface area contributed by atoms with Crippen molar-refractivity contribution in [3.63, 3.8) is 0 Å². The summed E-state index contributed by atoms with van der Waals surface area (Å²) in [6.45, 7) is 5.83. The van der Waals surface area contributed by atoms with E-state index in [9.17, 15) is 4.79 Å². The average Bonchev–Trinajstić information content (AvgIpc) is 2.34. The van der Waals surface area contributed by atoms with E-state index >= 15 is 0 Å². The van der Waals surface area contributed by atoms with Crippen molar-refractivity contribution in [1.82, 2.24) is 5.32 Å². The number of nitrogens with zero attached hydrogens (tertiary/aromatic N) is 1. The number of amides is 1. The molecule has 4 nitrogen and oxygen atoms in total.